The second-order valence-corrected chi connectivity index (χ2v) is 3.81. The molecule has 0 saturated carbocycles. The normalized spacial score (nSPS) is 12.0. The number of rotatable bonds is 5. The summed E-state index contributed by atoms with van der Waals surface area (Å²) < 4.78 is 5.42. The van der Waals surface area contributed by atoms with E-state index in [1.165, 1.54) is 0 Å². The Labute approximate surface area is 71.1 Å². The van der Waals surface area contributed by atoms with Crippen LogP contribution in [0.2, 0.25) is 0 Å². The van der Waals surface area contributed by atoms with Gasteiger partial charge in [-0.2, -0.15) is 0 Å². The lowest BCUT2D eigenvalue weighted by atomic mass is 9.86. The first-order chi connectivity index (χ1) is 5.09. The Bertz CT molecular complexity index is 78.9. The van der Waals surface area contributed by atoms with Gasteiger partial charge in [0.2, 0.25) is 0 Å². The van der Waals surface area contributed by atoms with Gasteiger partial charge in [0.25, 0.3) is 0 Å². The third-order valence-corrected chi connectivity index (χ3v) is 2.23. The molecule has 0 aliphatic rings. The fourth-order valence-corrected chi connectivity index (χ4v) is 1.41. The van der Waals surface area contributed by atoms with Gasteiger partial charge >= 0.3 is 0 Å². The van der Waals surface area contributed by atoms with Gasteiger partial charge in [-0.1, -0.05) is 27.7 Å². The van der Waals surface area contributed by atoms with E-state index >= 15 is 0 Å². The van der Waals surface area contributed by atoms with Gasteiger partial charge < -0.3 is 4.74 Å². The molecule has 0 rings (SSSR count). The van der Waals surface area contributed by atoms with Crippen molar-refractivity contribution in [3.8, 4) is 0 Å². The van der Waals surface area contributed by atoms with E-state index in [0.29, 0.717) is 0 Å². The molecule has 0 fully saturated rings. The van der Waals surface area contributed by atoms with Crippen LogP contribution in [0.15, 0.2) is 0 Å². The summed E-state index contributed by atoms with van der Waals surface area (Å²) in [6.45, 7) is 12.9. The van der Waals surface area contributed by atoms with E-state index < -0.39 is 0 Å². The maximum atomic E-state index is 5.42. The van der Waals surface area contributed by atoms with Crippen LogP contribution in [0.4, 0.5) is 0 Å². The van der Waals surface area contributed by atoms with E-state index in [-0.39, 0.29) is 0 Å². The highest BCUT2D eigenvalue weighted by molar-refractivity contribution is 4.65. The minimum atomic E-state index is 0.718. The van der Waals surface area contributed by atoms with Crippen LogP contribution < -0.4 is 0 Å². The smallest absolute Gasteiger partial charge is 0.0499 e. The van der Waals surface area contributed by atoms with E-state index in [9.17, 15) is 0 Å². The van der Waals surface area contributed by atoms with Gasteiger partial charge in [0.05, 0.1) is 0 Å². The lowest BCUT2D eigenvalue weighted by molar-refractivity contribution is 0.0717. The van der Waals surface area contributed by atoms with Crippen LogP contribution in [-0.2, 0) is 4.74 Å². The molecule has 68 valence electrons. The van der Waals surface area contributed by atoms with Gasteiger partial charge in [-0.3, -0.25) is 0 Å². The predicted molar refractivity (Wildman–Crippen MR) is 49.7 cm³/mol. The first kappa shape index (κ1) is 11.0. The maximum Gasteiger partial charge on any atom is 0.0499 e. The molecule has 0 atom stereocenters. The van der Waals surface area contributed by atoms with Crippen LogP contribution in [0.1, 0.15) is 34.6 Å². The van der Waals surface area contributed by atoms with Crippen molar-refractivity contribution in [2.75, 3.05) is 13.2 Å². The highest BCUT2D eigenvalue weighted by atomic mass is 16.5. The zero-order valence-electron chi connectivity index (χ0n) is 8.55. The average molecular weight is 158 g/mol. The van der Waals surface area contributed by atoms with Crippen LogP contribution >= 0.6 is 0 Å². The van der Waals surface area contributed by atoms with Crippen molar-refractivity contribution >= 4 is 0 Å². The zero-order chi connectivity index (χ0) is 8.85. The fourth-order valence-electron chi connectivity index (χ4n) is 1.41. The molecule has 0 aromatic heterocycles. The van der Waals surface area contributed by atoms with Gasteiger partial charge in [0.15, 0.2) is 0 Å². The molecule has 0 aromatic carbocycles. The lowest BCUT2D eigenvalue weighted by Crippen LogP contribution is -2.21. The number of hydrogen-bond donors (Lipinski definition) is 0. The summed E-state index contributed by atoms with van der Waals surface area (Å²) in [5, 5.41) is 0. The zero-order valence-corrected chi connectivity index (χ0v) is 8.55. The Morgan fingerprint density at radius 3 is 1.73 bits per heavy atom. The van der Waals surface area contributed by atoms with Crippen molar-refractivity contribution in [2.45, 2.75) is 34.6 Å². The van der Waals surface area contributed by atoms with Crippen LogP contribution in [0.5, 0.6) is 0 Å². The largest absolute Gasteiger partial charge is 0.381 e. The summed E-state index contributed by atoms with van der Waals surface area (Å²) >= 11 is 0. The van der Waals surface area contributed by atoms with Crippen LogP contribution in [-0.4, -0.2) is 13.2 Å². The molecule has 0 spiro atoms. The minimum absolute atomic E-state index is 0.718. The summed E-state index contributed by atoms with van der Waals surface area (Å²) in [4.78, 5) is 0. The quantitative estimate of drug-likeness (QED) is 0.597. The summed E-state index contributed by atoms with van der Waals surface area (Å²) in [6.07, 6.45) is 0. The first-order valence-corrected chi connectivity index (χ1v) is 4.67. The van der Waals surface area contributed by atoms with Crippen molar-refractivity contribution < 1.29 is 4.74 Å². The monoisotopic (exact) mass is 158 g/mol. The van der Waals surface area contributed by atoms with E-state index in [0.717, 1.165) is 31.0 Å². The Kier molecular flexibility index (Phi) is 5.57. The SMILES string of the molecule is CCOCC(C(C)C)C(C)C. The summed E-state index contributed by atoms with van der Waals surface area (Å²) in [5.74, 6) is 2.19. The molecule has 0 bridgehead atoms. The lowest BCUT2D eigenvalue weighted by Gasteiger charge is -2.24. The molecule has 0 N–H and O–H groups in total. The summed E-state index contributed by atoms with van der Waals surface area (Å²) in [6, 6.07) is 0. The fraction of sp³-hybridized carbons (Fsp3) is 1.00. The maximum absolute atomic E-state index is 5.42. The summed E-state index contributed by atoms with van der Waals surface area (Å²) in [5.41, 5.74) is 0. The van der Waals surface area contributed by atoms with Crippen molar-refractivity contribution in [3.63, 3.8) is 0 Å². The van der Waals surface area contributed by atoms with E-state index in [1.54, 1.807) is 0 Å². The molecule has 0 aromatic rings. The van der Waals surface area contributed by atoms with Crippen molar-refractivity contribution in [3.05, 3.63) is 0 Å². The molecule has 0 radical (unpaired) electrons. The molecule has 0 amide bonds. The van der Waals surface area contributed by atoms with E-state index in [4.69, 9.17) is 4.74 Å². The molecule has 0 saturated heterocycles. The van der Waals surface area contributed by atoms with Crippen molar-refractivity contribution in [1.29, 1.82) is 0 Å². The third kappa shape index (κ3) is 4.41. The molecule has 0 unspecified atom stereocenters. The van der Waals surface area contributed by atoms with Gasteiger partial charge in [-0.25, -0.2) is 0 Å². The molecular formula is C10H22O. The second kappa shape index (κ2) is 5.59. The molecule has 0 aliphatic heterocycles. The molecule has 1 nitrogen and oxygen atoms in total. The highest BCUT2D eigenvalue weighted by Crippen LogP contribution is 2.20. The topological polar surface area (TPSA) is 9.23 Å². The molecule has 0 aliphatic carbocycles. The standard InChI is InChI=1S/C10H22O/c1-6-11-7-10(8(2)3)9(4)5/h8-10H,6-7H2,1-5H3. The predicted octanol–water partition coefficient (Wildman–Crippen LogP) is 2.95. The molecule has 0 heterocycles. The average Bonchev–Trinajstić information content (AvgIpc) is 1.87. The molecule has 1 heteroatoms. The van der Waals surface area contributed by atoms with Gasteiger partial charge in [0, 0.05) is 13.2 Å². The Morgan fingerprint density at radius 2 is 1.45 bits per heavy atom. The molecule has 11 heavy (non-hydrogen) atoms. The molecular weight excluding hydrogens is 136 g/mol. The van der Waals surface area contributed by atoms with Crippen LogP contribution in [0.3, 0.4) is 0 Å². The Morgan fingerprint density at radius 1 is 1.00 bits per heavy atom. The van der Waals surface area contributed by atoms with E-state index in [2.05, 4.69) is 34.6 Å². The Balaban J connectivity index is 3.70. The minimum Gasteiger partial charge on any atom is -0.381 e. The van der Waals surface area contributed by atoms with Gasteiger partial charge in [0.1, 0.15) is 0 Å². The van der Waals surface area contributed by atoms with Gasteiger partial charge in [-0.15, -0.1) is 0 Å². The van der Waals surface area contributed by atoms with E-state index in [1.807, 2.05) is 0 Å². The van der Waals surface area contributed by atoms with Crippen molar-refractivity contribution in [1.82, 2.24) is 0 Å². The van der Waals surface area contributed by atoms with Crippen LogP contribution in [0.25, 0.3) is 0 Å². The summed E-state index contributed by atoms with van der Waals surface area (Å²) in [7, 11) is 0. The first-order valence-electron chi connectivity index (χ1n) is 4.67. The third-order valence-electron chi connectivity index (χ3n) is 2.23. The van der Waals surface area contributed by atoms with Crippen molar-refractivity contribution in [2.24, 2.45) is 17.8 Å². The Hall–Kier alpha value is -0.0400. The van der Waals surface area contributed by atoms with Crippen LogP contribution in [0, 0.1) is 17.8 Å². The second-order valence-electron chi connectivity index (χ2n) is 3.81. The number of hydrogen-bond acceptors (Lipinski definition) is 1. The highest BCUT2D eigenvalue weighted by Gasteiger charge is 2.16. The number of ether oxygens (including phenoxy) is 1. The van der Waals surface area contributed by atoms with Gasteiger partial charge in [-0.05, 0) is 24.7 Å².